The van der Waals surface area contributed by atoms with Gasteiger partial charge < -0.3 is 14.8 Å². The molecule has 1 fully saturated rings. The van der Waals surface area contributed by atoms with Crippen molar-refractivity contribution in [3.63, 3.8) is 0 Å². The molecule has 2 rings (SSSR count). The summed E-state index contributed by atoms with van der Waals surface area (Å²) >= 11 is 5.87. The molecule has 0 aromatic heterocycles. The van der Waals surface area contributed by atoms with Crippen molar-refractivity contribution in [1.29, 1.82) is 0 Å². The van der Waals surface area contributed by atoms with Crippen LogP contribution in [-0.2, 0) is 9.53 Å². The number of benzene rings is 1. The van der Waals surface area contributed by atoms with Crippen LogP contribution in [0.5, 0.6) is 5.75 Å². The van der Waals surface area contributed by atoms with Gasteiger partial charge in [0.15, 0.2) is 6.61 Å². The minimum absolute atomic E-state index is 0.0334. The minimum Gasteiger partial charge on any atom is -0.484 e. The topological polar surface area (TPSA) is 47.6 Å². The fraction of sp³-hybridized carbons (Fsp3) is 0.533. The van der Waals surface area contributed by atoms with Gasteiger partial charge in [-0.05, 0) is 49.4 Å². The maximum atomic E-state index is 11.7. The van der Waals surface area contributed by atoms with E-state index in [9.17, 15) is 4.79 Å². The van der Waals surface area contributed by atoms with Gasteiger partial charge in [0, 0.05) is 24.8 Å². The van der Waals surface area contributed by atoms with Crippen molar-refractivity contribution in [2.24, 2.45) is 5.92 Å². The van der Waals surface area contributed by atoms with E-state index in [2.05, 4.69) is 5.32 Å². The maximum absolute atomic E-state index is 11.7. The zero-order chi connectivity index (χ0) is 14.4. The number of rotatable bonds is 5. The number of carbonyl (C=O) groups is 1. The SMILES string of the molecule is Cc1cc(Cl)ccc1OCC(=O)NCC1CCOCC1. The lowest BCUT2D eigenvalue weighted by molar-refractivity contribution is -0.123. The summed E-state index contributed by atoms with van der Waals surface area (Å²) in [4.78, 5) is 11.7. The summed E-state index contributed by atoms with van der Waals surface area (Å²) in [5.41, 5.74) is 0.926. The number of hydrogen-bond donors (Lipinski definition) is 1. The number of carbonyl (C=O) groups excluding carboxylic acids is 1. The van der Waals surface area contributed by atoms with E-state index in [0.29, 0.717) is 23.2 Å². The smallest absolute Gasteiger partial charge is 0.257 e. The molecule has 5 heteroatoms. The van der Waals surface area contributed by atoms with E-state index in [-0.39, 0.29) is 12.5 Å². The summed E-state index contributed by atoms with van der Waals surface area (Å²) in [6, 6.07) is 5.35. The molecule has 20 heavy (non-hydrogen) atoms. The Morgan fingerprint density at radius 2 is 2.20 bits per heavy atom. The Kier molecular flexibility index (Phi) is 5.68. The number of hydrogen-bond acceptors (Lipinski definition) is 3. The van der Waals surface area contributed by atoms with E-state index in [4.69, 9.17) is 21.1 Å². The molecule has 1 aromatic carbocycles. The van der Waals surface area contributed by atoms with Gasteiger partial charge in [0.2, 0.25) is 0 Å². The van der Waals surface area contributed by atoms with Gasteiger partial charge in [0.25, 0.3) is 5.91 Å². The van der Waals surface area contributed by atoms with Crippen molar-refractivity contribution in [3.05, 3.63) is 28.8 Å². The molecule has 0 bridgehead atoms. The number of aryl methyl sites for hydroxylation is 1. The summed E-state index contributed by atoms with van der Waals surface area (Å²) in [5.74, 6) is 1.12. The van der Waals surface area contributed by atoms with Crippen molar-refractivity contribution in [2.75, 3.05) is 26.4 Å². The third-order valence-corrected chi connectivity index (χ3v) is 3.66. The first-order chi connectivity index (χ1) is 9.65. The van der Waals surface area contributed by atoms with Crippen molar-refractivity contribution >= 4 is 17.5 Å². The summed E-state index contributed by atoms with van der Waals surface area (Å²) < 4.78 is 10.8. The van der Waals surface area contributed by atoms with Crippen LogP contribution >= 0.6 is 11.6 Å². The first-order valence-electron chi connectivity index (χ1n) is 6.88. The van der Waals surface area contributed by atoms with Crippen LogP contribution in [0, 0.1) is 12.8 Å². The highest BCUT2D eigenvalue weighted by molar-refractivity contribution is 6.30. The molecule has 0 unspecified atom stereocenters. The lowest BCUT2D eigenvalue weighted by Gasteiger charge is -2.22. The monoisotopic (exact) mass is 297 g/mol. The molecule has 0 aliphatic carbocycles. The zero-order valence-corrected chi connectivity index (χ0v) is 12.4. The van der Waals surface area contributed by atoms with Gasteiger partial charge in [-0.3, -0.25) is 4.79 Å². The second-order valence-electron chi connectivity index (χ2n) is 5.06. The number of amides is 1. The van der Waals surface area contributed by atoms with Gasteiger partial charge >= 0.3 is 0 Å². The normalized spacial score (nSPS) is 15.9. The second kappa shape index (κ2) is 7.50. The molecule has 1 N–H and O–H groups in total. The summed E-state index contributed by atoms with van der Waals surface area (Å²) in [5, 5.41) is 3.57. The highest BCUT2D eigenvalue weighted by Gasteiger charge is 2.14. The Bertz CT molecular complexity index is 458. The average molecular weight is 298 g/mol. The standard InChI is InChI=1S/C15H20ClNO3/c1-11-8-13(16)2-3-14(11)20-10-15(18)17-9-12-4-6-19-7-5-12/h2-3,8,12H,4-7,9-10H2,1H3,(H,17,18). The lowest BCUT2D eigenvalue weighted by atomic mass is 10.0. The second-order valence-corrected chi connectivity index (χ2v) is 5.49. The Hall–Kier alpha value is -1.26. The molecule has 110 valence electrons. The van der Waals surface area contributed by atoms with E-state index in [0.717, 1.165) is 31.6 Å². The fourth-order valence-corrected chi connectivity index (χ4v) is 2.40. The molecule has 0 atom stereocenters. The summed E-state index contributed by atoms with van der Waals surface area (Å²) in [6.45, 7) is 4.22. The summed E-state index contributed by atoms with van der Waals surface area (Å²) in [6.07, 6.45) is 2.02. The van der Waals surface area contributed by atoms with Gasteiger partial charge in [0.05, 0.1) is 0 Å². The van der Waals surface area contributed by atoms with E-state index in [1.165, 1.54) is 0 Å². The lowest BCUT2D eigenvalue weighted by Crippen LogP contribution is -2.35. The van der Waals surface area contributed by atoms with Crippen molar-refractivity contribution in [3.8, 4) is 5.75 Å². The van der Waals surface area contributed by atoms with Gasteiger partial charge in [-0.25, -0.2) is 0 Å². The number of halogens is 1. The first kappa shape index (κ1) is 15.1. The molecule has 1 aromatic rings. The molecule has 1 aliphatic rings. The highest BCUT2D eigenvalue weighted by atomic mass is 35.5. The van der Waals surface area contributed by atoms with Crippen molar-refractivity contribution < 1.29 is 14.3 Å². The van der Waals surface area contributed by atoms with E-state index in [1.807, 2.05) is 13.0 Å². The van der Waals surface area contributed by atoms with Crippen LogP contribution in [0.3, 0.4) is 0 Å². The van der Waals surface area contributed by atoms with Gasteiger partial charge in [-0.1, -0.05) is 11.6 Å². The van der Waals surface area contributed by atoms with Crippen LogP contribution in [0.2, 0.25) is 5.02 Å². The average Bonchev–Trinajstić information content (AvgIpc) is 2.45. The molecular formula is C15H20ClNO3. The minimum atomic E-state index is -0.0918. The molecule has 1 amide bonds. The quantitative estimate of drug-likeness (QED) is 0.908. The molecule has 1 aliphatic heterocycles. The van der Waals surface area contributed by atoms with Crippen LogP contribution < -0.4 is 10.1 Å². The van der Waals surface area contributed by atoms with E-state index in [1.54, 1.807) is 12.1 Å². The Morgan fingerprint density at radius 1 is 1.45 bits per heavy atom. The number of nitrogens with one attached hydrogen (secondary N) is 1. The van der Waals surface area contributed by atoms with Gasteiger partial charge in [-0.15, -0.1) is 0 Å². The van der Waals surface area contributed by atoms with Crippen LogP contribution in [0.25, 0.3) is 0 Å². The van der Waals surface area contributed by atoms with Crippen LogP contribution in [0.1, 0.15) is 18.4 Å². The Labute approximate surface area is 124 Å². The van der Waals surface area contributed by atoms with Crippen LogP contribution in [0.4, 0.5) is 0 Å². The predicted molar refractivity (Wildman–Crippen MR) is 78.2 cm³/mol. The third kappa shape index (κ3) is 4.69. The fourth-order valence-electron chi connectivity index (χ4n) is 2.18. The maximum Gasteiger partial charge on any atom is 0.257 e. The molecule has 0 radical (unpaired) electrons. The van der Waals surface area contributed by atoms with Crippen molar-refractivity contribution in [2.45, 2.75) is 19.8 Å². The van der Waals surface area contributed by atoms with Crippen LogP contribution in [-0.4, -0.2) is 32.3 Å². The molecule has 4 nitrogen and oxygen atoms in total. The molecule has 1 saturated heterocycles. The Morgan fingerprint density at radius 3 is 2.90 bits per heavy atom. The molecular weight excluding hydrogens is 278 g/mol. The number of ether oxygens (including phenoxy) is 2. The first-order valence-corrected chi connectivity index (χ1v) is 7.26. The van der Waals surface area contributed by atoms with E-state index >= 15 is 0 Å². The molecule has 1 heterocycles. The molecule has 0 spiro atoms. The van der Waals surface area contributed by atoms with Gasteiger partial charge in [-0.2, -0.15) is 0 Å². The largest absolute Gasteiger partial charge is 0.484 e. The van der Waals surface area contributed by atoms with Crippen molar-refractivity contribution in [1.82, 2.24) is 5.32 Å². The highest BCUT2D eigenvalue weighted by Crippen LogP contribution is 2.21. The molecule has 0 saturated carbocycles. The van der Waals surface area contributed by atoms with Gasteiger partial charge in [0.1, 0.15) is 5.75 Å². The summed E-state index contributed by atoms with van der Waals surface area (Å²) in [7, 11) is 0. The van der Waals surface area contributed by atoms with Crippen LogP contribution in [0.15, 0.2) is 18.2 Å². The van der Waals surface area contributed by atoms with E-state index < -0.39 is 0 Å². The predicted octanol–water partition coefficient (Wildman–Crippen LogP) is 2.57. The Balaban J connectivity index is 1.71. The zero-order valence-electron chi connectivity index (χ0n) is 11.7. The third-order valence-electron chi connectivity index (χ3n) is 3.42.